The third kappa shape index (κ3) is 6.20. The van der Waals surface area contributed by atoms with Crippen molar-refractivity contribution < 1.29 is 17.6 Å². The molecule has 3 aromatic rings. The minimum Gasteiger partial charge on any atom is -0.369 e. The minimum atomic E-state index is -3.77. The second-order valence-electron chi connectivity index (χ2n) is 9.81. The molecule has 1 atom stereocenters. The molecule has 7 heteroatoms. The number of benzene rings is 3. The van der Waals surface area contributed by atoms with E-state index in [1.54, 1.807) is 42.5 Å². The molecule has 1 amide bonds. The van der Waals surface area contributed by atoms with E-state index < -0.39 is 15.8 Å². The maximum Gasteiger partial charge on any atom is 0.243 e. The van der Waals surface area contributed by atoms with Crippen molar-refractivity contribution in [2.24, 2.45) is 17.6 Å². The Morgan fingerprint density at radius 3 is 2.25 bits per heavy atom. The molecule has 1 aliphatic carbocycles. The van der Waals surface area contributed by atoms with Crippen molar-refractivity contribution in [3.63, 3.8) is 0 Å². The highest BCUT2D eigenvalue weighted by molar-refractivity contribution is 7.89. The van der Waals surface area contributed by atoms with E-state index in [-0.39, 0.29) is 35.1 Å². The van der Waals surface area contributed by atoms with Gasteiger partial charge in [-0.05, 0) is 79.8 Å². The fourth-order valence-corrected chi connectivity index (χ4v) is 6.79. The Hall–Kier alpha value is -3.03. The Morgan fingerprint density at radius 2 is 1.64 bits per heavy atom. The normalized spacial score (nSPS) is 19.2. The molecule has 1 saturated carbocycles. The van der Waals surface area contributed by atoms with Crippen molar-refractivity contribution in [3.8, 4) is 0 Å². The van der Waals surface area contributed by atoms with Crippen LogP contribution in [-0.4, -0.2) is 25.2 Å². The van der Waals surface area contributed by atoms with Gasteiger partial charge < -0.3 is 5.73 Å². The van der Waals surface area contributed by atoms with Crippen LogP contribution in [0.5, 0.6) is 0 Å². The Morgan fingerprint density at radius 1 is 0.972 bits per heavy atom. The molecule has 0 heterocycles. The van der Waals surface area contributed by atoms with Crippen LogP contribution in [0.1, 0.15) is 48.3 Å². The van der Waals surface area contributed by atoms with Gasteiger partial charge >= 0.3 is 0 Å². The average molecular weight is 509 g/mol. The van der Waals surface area contributed by atoms with Crippen LogP contribution in [0.2, 0.25) is 0 Å². The van der Waals surface area contributed by atoms with Gasteiger partial charge in [-0.25, -0.2) is 12.8 Å². The summed E-state index contributed by atoms with van der Waals surface area (Å²) < 4.78 is 42.4. The summed E-state index contributed by atoms with van der Waals surface area (Å²) in [4.78, 5) is 12.6. The van der Waals surface area contributed by atoms with Crippen molar-refractivity contribution in [3.05, 3.63) is 101 Å². The van der Waals surface area contributed by atoms with Crippen LogP contribution in [0.4, 0.5) is 4.39 Å². The molecule has 190 valence electrons. The number of amides is 1. The van der Waals surface area contributed by atoms with Crippen molar-refractivity contribution >= 4 is 15.9 Å². The van der Waals surface area contributed by atoms with Crippen molar-refractivity contribution in [2.75, 3.05) is 6.54 Å². The summed E-state index contributed by atoms with van der Waals surface area (Å²) in [6.07, 6.45) is 3.19. The van der Waals surface area contributed by atoms with Gasteiger partial charge in [0.2, 0.25) is 15.9 Å². The molecular formula is C29H33FN2O3S. The summed E-state index contributed by atoms with van der Waals surface area (Å²) in [5.41, 5.74) is 8.49. The predicted molar refractivity (Wildman–Crippen MR) is 139 cm³/mol. The van der Waals surface area contributed by atoms with E-state index in [4.69, 9.17) is 5.73 Å². The minimum absolute atomic E-state index is 0.0994. The van der Waals surface area contributed by atoms with E-state index in [1.165, 1.54) is 16.4 Å². The van der Waals surface area contributed by atoms with Crippen LogP contribution in [-0.2, 0) is 21.4 Å². The lowest BCUT2D eigenvalue weighted by Gasteiger charge is -2.35. The zero-order valence-corrected chi connectivity index (χ0v) is 21.3. The first-order chi connectivity index (χ1) is 17.2. The van der Waals surface area contributed by atoms with E-state index in [0.717, 1.165) is 36.8 Å². The highest BCUT2D eigenvalue weighted by Gasteiger charge is 2.34. The molecule has 4 rings (SSSR count). The number of nitrogens with zero attached hydrogens (tertiary/aromatic N) is 1. The number of sulfonamides is 1. The molecule has 1 aliphatic rings. The molecule has 0 radical (unpaired) electrons. The Bertz CT molecular complexity index is 1270. The molecule has 2 N–H and O–H groups in total. The predicted octanol–water partition coefficient (Wildman–Crippen LogP) is 5.40. The highest BCUT2D eigenvalue weighted by atomic mass is 32.2. The molecule has 0 spiro atoms. The van der Waals surface area contributed by atoms with Gasteiger partial charge in [0.05, 0.1) is 10.8 Å². The van der Waals surface area contributed by atoms with Crippen molar-refractivity contribution in [1.29, 1.82) is 0 Å². The summed E-state index contributed by atoms with van der Waals surface area (Å²) in [6, 6.07) is 22.4. The molecule has 0 bridgehead atoms. The molecule has 0 aliphatic heterocycles. The van der Waals surface area contributed by atoms with E-state index in [1.807, 2.05) is 31.2 Å². The molecule has 1 fully saturated rings. The Kier molecular flexibility index (Phi) is 8.21. The molecule has 3 aromatic carbocycles. The summed E-state index contributed by atoms with van der Waals surface area (Å²) in [6.45, 7) is 2.45. The first-order valence-corrected chi connectivity index (χ1v) is 13.8. The highest BCUT2D eigenvalue weighted by Crippen LogP contribution is 2.39. The van der Waals surface area contributed by atoms with Crippen LogP contribution in [0.25, 0.3) is 0 Å². The maximum absolute atomic E-state index is 13.8. The third-order valence-corrected chi connectivity index (χ3v) is 9.02. The van der Waals surface area contributed by atoms with Gasteiger partial charge in [0.25, 0.3) is 0 Å². The van der Waals surface area contributed by atoms with E-state index >= 15 is 0 Å². The molecule has 0 saturated heterocycles. The number of aryl methyl sites for hydroxylation is 1. The van der Waals surface area contributed by atoms with E-state index in [2.05, 4.69) is 0 Å². The lowest BCUT2D eigenvalue weighted by Crippen LogP contribution is -2.37. The van der Waals surface area contributed by atoms with Crippen LogP contribution in [0.15, 0.2) is 83.8 Å². The van der Waals surface area contributed by atoms with Gasteiger partial charge in [-0.1, -0.05) is 60.2 Å². The number of rotatable bonds is 9. The fourth-order valence-electron chi connectivity index (χ4n) is 5.26. The summed E-state index contributed by atoms with van der Waals surface area (Å²) in [7, 11) is -3.77. The molecular weight excluding hydrogens is 475 g/mol. The number of primary amides is 1. The summed E-state index contributed by atoms with van der Waals surface area (Å²) in [5, 5.41) is 0. The number of carbonyl (C=O) groups is 1. The van der Waals surface area contributed by atoms with Gasteiger partial charge in [-0.3, -0.25) is 4.79 Å². The quantitative estimate of drug-likeness (QED) is 0.420. The molecule has 1 unspecified atom stereocenters. The van der Waals surface area contributed by atoms with Gasteiger partial charge in [0, 0.05) is 13.1 Å². The monoisotopic (exact) mass is 508 g/mol. The first-order valence-electron chi connectivity index (χ1n) is 12.4. The van der Waals surface area contributed by atoms with Crippen LogP contribution in [0.3, 0.4) is 0 Å². The number of hydrogen-bond donors (Lipinski definition) is 1. The summed E-state index contributed by atoms with van der Waals surface area (Å²) >= 11 is 0. The second-order valence-corrected chi connectivity index (χ2v) is 11.7. The van der Waals surface area contributed by atoms with Crippen LogP contribution >= 0.6 is 0 Å². The number of halogens is 1. The van der Waals surface area contributed by atoms with Gasteiger partial charge in [0.1, 0.15) is 5.82 Å². The van der Waals surface area contributed by atoms with Gasteiger partial charge in [0.15, 0.2) is 0 Å². The lowest BCUT2D eigenvalue weighted by molar-refractivity contribution is -0.121. The van der Waals surface area contributed by atoms with E-state index in [0.29, 0.717) is 12.1 Å². The van der Waals surface area contributed by atoms with Crippen molar-refractivity contribution in [2.45, 2.75) is 50.0 Å². The van der Waals surface area contributed by atoms with Crippen LogP contribution in [0, 0.1) is 24.6 Å². The topological polar surface area (TPSA) is 80.5 Å². The molecule has 0 aromatic heterocycles. The molecule has 5 nitrogen and oxygen atoms in total. The second kappa shape index (κ2) is 11.4. The zero-order valence-electron chi connectivity index (χ0n) is 20.5. The average Bonchev–Trinajstić information content (AvgIpc) is 2.86. The fraction of sp³-hybridized carbons (Fsp3) is 0.345. The smallest absolute Gasteiger partial charge is 0.243 e. The third-order valence-electron chi connectivity index (χ3n) is 7.20. The number of carbonyl (C=O) groups excluding carboxylic acids is 1. The number of hydrogen-bond acceptors (Lipinski definition) is 3. The van der Waals surface area contributed by atoms with Crippen molar-refractivity contribution in [1.82, 2.24) is 4.31 Å². The van der Waals surface area contributed by atoms with Crippen LogP contribution < -0.4 is 5.73 Å². The molecule has 36 heavy (non-hydrogen) atoms. The largest absolute Gasteiger partial charge is 0.369 e. The van der Waals surface area contributed by atoms with E-state index in [9.17, 15) is 17.6 Å². The Labute approximate surface area is 213 Å². The SMILES string of the molecule is Cc1ccc(C(C(N)=O)C2CCC(CN(Cc3cccc(F)c3)S(=O)(=O)c3ccccc3)CC2)cc1. The number of nitrogens with two attached hydrogens (primary N) is 1. The maximum atomic E-state index is 13.8. The standard InChI is InChI=1S/C29H33FN2O3S/c1-21-10-14-24(15-11-21)28(29(31)33)25-16-12-22(13-17-25)19-32(20-23-6-5-7-26(30)18-23)36(34,35)27-8-3-2-4-9-27/h2-11,14-15,18,22,25,28H,12-13,16-17,19-20H2,1H3,(H2,31,33). The van der Waals surface area contributed by atoms with Gasteiger partial charge in [-0.15, -0.1) is 0 Å². The summed E-state index contributed by atoms with van der Waals surface area (Å²) in [5.74, 6) is -0.785. The zero-order chi connectivity index (χ0) is 25.7. The lowest BCUT2D eigenvalue weighted by atomic mass is 9.73. The first kappa shape index (κ1) is 26.0. The Balaban J connectivity index is 1.50. The van der Waals surface area contributed by atoms with Gasteiger partial charge in [-0.2, -0.15) is 4.31 Å².